The van der Waals surface area contributed by atoms with Gasteiger partial charge in [0.05, 0.1) is 0 Å². The molecular weight excluding hydrogens is 250 g/mol. The van der Waals surface area contributed by atoms with E-state index in [1.54, 1.807) is 0 Å². The van der Waals surface area contributed by atoms with Crippen molar-refractivity contribution in [3.63, 3.8) is 0 Å². The van der Waals surface area contributed by atoms with E-state index in [2.05, 4.69) is 46.4 Å². The smallest absolute Gasteiger partial charge is 0.00460 e. The Bertz CT molecular complexity index is 197. The molecule has 0 fully saturated rings. The predicted molar refractivity (Wildman–Crippen MR) is 92.2 cm³/mol. The van der Waals surface area contributed by atoms with Crippen molar-refractivity contribution in [2.24, 2.45) is 17.3 Å². The highest BCUT2D eigenvalue weighted by molar-refractivity contribution is 7.80. The van der Waals surface area contributed by atoms with Gasteiger partial charge in [-0.1, -0.05) is 54.4 Å². The van der Waals surface area contributed by atoms with Gasteiger partial charge in [-0.25, -0.2) is 0 Å². The van der Waals surface area contributed by atoms with Crippen LogP contribution in [0.5, 0.6) is 0 Å². The molecule has 116 valence electrons. The van der Waals surface area contributed by atoms with Crippen LogP contribution in [0.3, 0.4) is 0 Å². The molecule has 0 amide bonds. The van der Waals surface area contributed by atoms with Crippen LogP contribution in [0, 0.1) is 17.3 Å². The first kappa shape index (κ1) is 19.3. The molecule has 0 saturated carbocycles. The molecule has 1 nitrogen and oxygen atoms in total. The van der Waals surface area contributed by atoms with Gasteiger partial charge in [-0.3, -0.25) is 0 Å². The first-order valence-electron chi connectivity index (χ1n) is 8.22. The SMILES string of the molecule is CCCC(CS)(CCC)CN(CC(C)C)CC(C)C. The fraction of sp³-hybridized carbons (Fsp3) is 1.00. The molecule has 0 radical (unpaired) electrons. The van der Waals surface area contributed by atoms with E-state index in [-0.39, 0.29) is 0 Å². The Hall–Kier alpha value is 0.310. The summed E-state index contributed by atoms with van der Waals surface area (Å²) in [4.78, 5) is 2.69. The van der Waals surface area contributed by atoms with Gasteiger partial charge < -0.3 is 4.90 Å². The lowest BCUT2D eigenvalue weighted by Crippen LogP contribution is -2.42. The zero-order valence-electron chi connectivity index (χ0n) is 14.2. The van der Waals surface area contributed by atoms with Crippen molar-refractivity contribution in [1.29, 1.82) is 0 Å². The summed E-state index contributed by atoms with van der Waals surface area (Å²) >= 11 is 4.70. The quantitative estimate of drug-likeness (QED) is 0.516. The van der Waals surface area contributed by atoms with E-state index in [1.165, 1.54) is 45.3 Å². The van der Waals surface area contributed by atoms with Gasteiger partial charge in [0, 0.05) is 19.6 Å². The molecule has 0 aliphatic rings. The van der Waals surface area contributed by atoms with Crippen LogP contribution in [-0.2, 0) is 0 Å². The summed E-state index contributed by atoms with van der Waals surface area (Å²) in [5.41, 5.74) is 0.427. The summed E-state index contributed by atoms with van der Waals surface area (Å²) in [6, 6.07) is 0. The van der Waals surface area contributed by atoms with Crippen molar-refractivity contribution in [3.8, 4) is 0 Å². The standard InChI is InChI=1S/C17H37NS/c1-7-9-17(14-19,10-8-2)13-18(11-15(3)4)12-16(5)6/h15-16,19H,7-14H2,1-6H3. The molecule has 0 unspecified atom stereocenters. The largest absolute Gasteiger partial charge is 0.302 e. The molecule has 0 aliphatic heterocycles. The van der Waals surface area contributed by atoms with Crippen molar-refractivity contribution in [3.05, 3.63) is 0 Å². The van der Waals surface area contributed by atoms with Crippen molar-refractivity contribution in [1.82, 2.24) is 4.90 Å². The van der Waals surface area contributed by atoms with Gasteiger partial charge >= 0.3 is 0 Å². The Morgan fingerprint density at radius 1 is 0.895 bits per heavy atom. The maximum atomic E-state index is 4.70. The molecule has 0 spiro atoms. The van der Waals surface area contributed by atoms with Crippen LogP contribution in [0.1, 0.15) is 67.2 Å². The van der Waals surface area contributed by atoms with Crippen molar-refractivity contribution >= 4 is 12.6 Å². The highest BCUT2D eigenvalue weighted by atomic mass is 32.1. The third kappa shape index (κ3) is 8.24. The lowest BCUT2D eigenvalue weighted by molar-refractivity contribution is 0.123. The Kier molecular flexibility index (Phi) is 10.3. The normalized spacial score (nSPS) is 12.9. The summed E-state index contributed by atoms with van der Waals surface area (Å²) in [5, 5.41) is 0. The molecule has 0 atom stereocenters. The van der Waals surface area contributed by atoms with Crippen LogP contribution in [-0.4, -0.2) is 30.3 Å². The number of nitrogens with zero attached hydrogens (tertiary/aromatic N) is 1. The van der Waals surface area contributed by atoms with Gasteiger partial charge in [-0.15, -0.1) is 0 Å². The van der Waals surface area contributed by atoms with E-state index in [0.29, 0.717) is 5.41 Å². The van der Waals surface area contributed by atoms with Gasteiger partial charge in [-0.05, 0) is 35.8 Å². The minimum absolute atomic E-state index is 0.427. The minimum Gasteiger partial charge on any atom is -0.302 e. The van der Waals surface area contributed by atoms with Crippen molar-refractivity contribution in [2.45, 2.75) is 67.2 Å². The van der Waals surface area contributed by atoms with Crippen LogP contribution in [0.15, 0.2) is 0 Å². The van der Waals surface area contributed by atoms with Crippen molar-refractivity contribution < 1.29 is 0 Å². The minimum atomic E-state index is 0.427. The fourth-order valence-corrected chi connectivity index (χ4v) is 3.68. The lowest BCUT2D eigenvalue weighted by Gasteiger charge is -2.39. The predicted octanol–water partition coefficient (Wildman–Crippen LogP) is 5.12. The lowest BCUT2D eigenvalue weighted by atomic mass is 9.80. The maximum absolute atomic E-state index is 4.70. The molecule has 0 aromatic heterocycles. The third-order valence-corrected chi connectivity index (χ3v) is 4.37. The number of hydrogen-bond donors (Lipinski definition) is 1. The zero-order valence-corrected chi connectivity index (χ0v) is 15.1. The summed E-state index contributed by atoms with van der Waals surface area (Å²) in [6.45, 7) is 17.6. The number of thiol groups is 1. The van der Waals surface area contributed by atoms with E-state index in [1.807, 2.05) is 0 Å². The molecule has 0 saturated heterocycles. The highest BCUT2D eigenvalue weighted by Gasteiger charge is 2.29. The average Bonchev–Trinajstić information content (AvgIpc) is 2.27. The van der Waals surface area contributed by atoms with E-state index >= 15 is 0 Å². The molecule has 0 rings (SSSR count). The van der Waals surface area contributed by atoms with E-state index in [0.717, 1.165) is 17.6 Å². The van der Waals surface area contributed by atoms with Crippen LogP contribution in [0.4, 0.5) is 0 Å². The Morgan fingerprint density at radius 2 is 1.32 bits per heavy atom. The van der Waals surface area contributed by atoms with Gasteiger partial charge in [0.1, 0.15) is 0 Å². The van der Waals surface area contributed by atoms with E-state index in [4.69, 9.17) is 12.6 Å². The topological polar surface area (TPSA) is 3.24 Å². The Balaban J connectivity index is 4.78. The summed E-state index contributed by atoms with van der Waals surface area (Å²) in [5.74, 6) is 2.53. The number of hydrogen-bond acceptors (Lipinski definition) is 2. The zero-order chi connectivity index (χ0) is 14.9. The number of rotatable bonds is 11. The Morgan fingerprint density at radius 3 is 1.58 bits per heavy atom. The first-order chi connectivity index (χ1) is 8.89. The second-order valence-corrected chi connectivity index (χ2v) is 7.46. The molecule has 0 aromatic carbocycles. The molecule has 0 aliphatic carbocycles. The monoisotopic (exact) mass is 287 g/mol. The third-order valence-electron chi connectivity index (χ3n) is 3.70. The molecule has 0 N–H and O–H groups in total. The molecule has 0 heterocycles. The molecule has 0 bridgehead atoms. The van der Waals surface area contributed by atoms with Crippen LogP contribution < -0.4 is 0 Å². The van der Waals surface area contributed by atoms with Gasteiger partial charge in [0.15, 0.2) is 0 Å². The first-order valence-corrected chi connectivity index (χ1v) is 8.85. The summed E-state index contributed by atoms with van der Waals surface area (Å²) < 4.78 is 0. The summed E-state index contributed by atoms with van der Waals surface area (Å²) in [6.07, 6.45) is 5.18. The summed E-state index contributed by atoms with van der Waals surface area (Å²) in [7, 11) is 0. The van der Waals surface area contributed by atoms with Crippen LogP contribution in [0.25, 0.3) is 0 Å². The molecule has 2 heteroatoms. The van der Waals surface area contributed by atoms with Gasteiger partial charge in [0.25, 0.3) is 0 Å². The molecule has 0 aromatic rings. The molecule has 19 heavy (non-hydrogen) atoms. The maximum Gasteiger partial charge on any atom is 0.00460 e. The van der Waals surface area contributed by atoms with E-state index in [9.17, 15) is 0 Å². The average molecular weight is 288 g/mol. The highest BCUT2D eigenvalue weighted by Crippen LogP contribution is 2.33. The van der Waals surface area contributed by atoms with Crippen LogP contribution in [0.2, 0.25) is 0 Å². The van der Waals surface area contributed by atoms with Crippen molar-refractivity contribution in [2.75, 3.05) is 25.4 Å². The van der Waals surface area contributed by atoms with Crippen LogP contribution >= 0.6 is 12.6 Å². The second-order valence-electron chi connectivity index (χ2n) is 7.14. The molecular formula is C17H37NS. The van der Waals surface area contributed by atoms with E-state index < -0.39 is 0 Å². The van der Waals surface area contributed by atoms with Gasteiger partial charge in [0.2, 0.25) is 0 Å². The Labute approximate surface area is 127 Å². The second kappa shape index (κ2) is 10.1. The fourth-order valence-electron chi connectivity index (χ4n) is 3.26. The van der Waals surface area contributed by atoms with Gasteiger partial charge in [-0.2, -0.15) is 12.6 Å².